The molecular formula is C20H22FNO4. The second-order valence-corrected chi connectivity index (χ2v) is 6.34. The summed E-state index contributed by atoms with van der Waals surface area (Å²) in [6.07, 6.45) is 3.44. The molecule has 1 amide bonds. The third-order valence-corrected chi connectivity index (χ3v) is 4.58. The Bertz CT molecular complexity index is 761. The van der Waals surface area contributed by atoms with Gasteiger partial charge in [0.25, 0.3) is 5.91 Å². The molecule has 1 unspecified atom stereocenters. The summed E-state index contributed by atoms with van der Waals surface area (Å²) < 4.78 is 23.9. The monoisotopic (exact) mass is 359 g/mol. The molecule has 0 saturated carbocycles. The number of nitrogens with zero attached hydrogens (tertiary/aromatic N) is 1. The van der Waals surface area contributed by atoms with E-state index >= 15 is 0 Å². The SMILES string of the molecule is CCOC(=O)C1=C(C)N(CC2CCCO2)C(=O)C1=Cc1ccc(F)cc1. The number of ether oxygens (including phenoxy) is 2. The zero-order valence-corrected chi connectivity index (χ0v) is 15.0. The molecule has 138 valence electrons. The third kappa shape index (κ3) is 3.70. The van der Waals surface area contributed by atoms with Crippen molar-refractivity contribution >= 4 is 18.0 Å². The number of hydrogen-bond acceptors (Lipinski definition) is 4. The summed E-state index contributed by atoms with van der Waals surface area (Å²) in [5.41, 5.74) is 1.74. The zero-order chi connectivity index (χ0) is 18.7. The highest BCUT2D eigenvalue weighted by Gasteiger charge is 2.38. The van der Waals surface area contributed by atoms with Crippen LogP contribution in [0.15, 0.2) is 41.1 Å². The lowest BCUT2D eigenvalue weighted by molar-refractivity contribution is -0.138. The van der Waals surface area contributed by atoms with Crippen LogP contribution < -0.4 is 0 Å². The van der Waals surface area contributed by atoms with E-state index in [9.17, 15) is 14.0 Å². The fourth-order valence-corrected chi connectivity index (χ4v) is 3.27. The van der Waals surface area contributed by atoms with Crippen LogP contribution in [-0.2, 0) is 19.1 Å². The van der Waals surface area contributed by atoms with E-state index in [0.29, 0.717) is 24.4 Å². The van der Waals surface area contributed by atoms with Gasteiger partial charge in [0.15, 0.2) is 0 Å². The van der Waals surface area contributed by atoms with Gasteiger partial charge >= 0.3 is 5.97 Å². The molecule has 0 aliphatic carbocycles. The van der Waals surface area contributed by atoms with Gasteiger partial charge in [0, 0.05) is 12.3 Å². The number of rotatable bonds is 5. The Morgan fingerprint density at radius 2 is 2.12 bits per heavy atom. The van der Waals surface area contributed by atoms with Crippen molar-refractivity contribution in [2.75, 3.05) is 19.8 Å². The number of carbonyl (C=O) groups excluding carboxylic acids is 2. The number of halogens is 1. The van der Waals surface area contributed by atoms with Crippen LogP contribution in [-0.4, -0.2) is 42.6 Å². The maximum absolute atomic E-state index is 13.1. The molecule has 6 heteroatoms. The highest BCUT2D eigenvalue weighted by atomic mass is 19.1. The van der Waals surface area contributed by atoms with E-state index in [1.807, 2.05) is 0 Å². The Labute approximate surface area is 152 Å². The van der Waals surface area contributed by atoms with Gasteiger partial charge in [-0.1, -0.05) is 12.1 Å². The second kappa shape index (κ2) is 7.83. The van der Waals surface area contributed by atoms with E-state index in [2.05, 4.69) is 0 Å². The normalized spacial score (nSPS) is 21.8. The molecule has 0 radical (unpaired) electrons. The van der Waals surface area contributed by atoms with Crippen LogP contribution in [0.5, 0.6) is 0 Å². The van der Waals surface area contributed by atoms with E-state index in [1.165, 1.54) is 12.1 Å². The topological polar surface area (TPSA) is 55.8 Å². The van der Waals surface area contributed by atoms with Crippen molar-refractivity contribution in [2.24, 2.45) is 0 Å². The molecule has 26 heavy (non-hydrogen) atoms. The van der Waals surface area contributed by atoms with Gasteiger partial charge in [-0.15, -0.1) is 0 Å². The molecule has 0 N–H and O–H groups in total. The van der Waals surface area contributed by atoms with Crippen molar-refractivity contribution in [1.29, 1.82) is 0 Å². The maximum atomic E-state index is 13.1. The molecule has 5 nitrogen and oxygen atoms in total. The molecule has 3 rings (SSSR count). The quantitative estimate of drug-likeness (QED) is 0.599. The van der Waals surface area contributed by atoms with Gasteiger partial charge in [-0.3, -0.25) is 4.79 Å². The van der Waals surface area contributed by atoms with Crippen LogP contribution in [0, 0.1) is 5.82 Å². The molecule has 1 fully saturated rings. The van der Waals surface area contributed by atoms with Crippen LogP contribution in [0.4, 0.5) is 4.39 Å². The number of esters is 1. The zero-order valence-electron chi connectivity index (χ0n) is 15.0. The molecule has 1 atom stereocenters. The Kier molecular flexibility index (Phi) is 5.52. The first kappa shape index (κ1) is 18.3. The Hall–Kier alpha value is -2.47. The molecule has 1 saturated heterocycles. The Morgan fingerprint density at radius 3 is 2.73 bits per heavy atom. The van der Waals surface area contributed by atoms with E-state index in [-0.39, 0.29) is 35.6 Å². The molecule has 1 aromatic carbocycles. The van der Waals surface area contributed by atoms with Crippen molar-refractivity contribution in [3.8, 4) is 0 Å². The van der Waals surface area contributed by atoms with Gasteiger partial charge in [-0.25, -0.2) is 9.18 Å². The van der Waals surface area contributed by atoms with Gasteiger partial charge in [-0.05, 0) is 50.5 Å². The van der Waals surface area contributed by atoms with Gasteiger partial charge in [0.2, 0.25) is 0 Å². The van der Waals surface area contributed by atoms with Gasteiger partial charge in [0.1, 0.15) is 5.82 Å². The first-order valence-corrected chi connectivity index (χ1v) is 8.80. The van der Waals surface area contributed by atoms with Crippen LogP contribution in [0.3, 0.4) is 0 Å². The summed E-state index contributed by atoms with van der Waals surface area (Å²) in [7, 11) is 0. The number of allylic oxidation sites excluding steroid dienone is 1. The minimum Gasteiger partial charge on any atom is -0.462 e. The summed E-state index contributed by atoms with van der Waals surface area (Å²) >= 11 is 0. The summed E-state index contributed by atoms with van der Waals surface area (Å²) in [5, 5.41) is 0. The lowest BCUT2D eigenvalue weighted by Crippen LogP contribution is -2.33. The van der Waals surface area contributed by atoms with E-state index in [4.69, 9.17) is 9.47 Å². The number of hydrogen-bond donors (Lipinski definition) is 0. The number of benzene rings is 1. The molecule has 2 aliphatic heterocycles. The predicted molar refractivity (Wildman–Crippen MR) is 94.4 cm³/mol. The minimum absolute atomic E-state index is 0.0254. The summed E-state index contributed by atoms with van der Waals surface area (Å²) in [6.45, 7) is 4.79. The highest BCUT2D eigenvalue weighted by molar-refractivity contribution is 6.16. The first-order chi connectivity index (χ1) is 12.5. The van der Waals surface area contributed by atoms with E-state index < -0.39 is 5.97 Å². The lowest BCUT2D eigenvalue weighted by atomic mass is 10.0. The largest absolute Gasteiger partial charge is 0.462 e. The Morgan fingerprint density at radius 1 is 1.38 bits per heavy atom. The summed E-state index contributed by atoms with van der Waals surface area (Å²) in [6, 6.07) is 5.76. The summed E-state index contributed by atoms with van der Waals surface area (Å²) in [4.78, 5) is 27.0. The van der Waals surface area contributed by atoms with Crippen molar-refractivity contribution in [1.82, 2.24) is 4.90 Å². The van der Waals surface area contributed by atoms with Crippen molar-refractivity contribution in [3.63, 3.8) is 0 Å². The van der Waals surface area contributed by atoms with Crippen molar-refractivity contribution < 1.29 is 23.5 Å². The molecule has 0 aromatic heterocycles. The average molecular weight is 359 g/mol. The smallest absolute Gasteiger partial charge is 0.340 e. The van der Waals surface area contributed by atoms with Crippen LogP contribution in [0.2, 0.25) is 0 Å². The average Bonchev–Trinajstić information content (AvgIpc) is 3.20. The molecule has 1 aromatic rings. The van der Waals surface area contributed by atoms with E-state index in [0.717, 1.165) is 12.8 Å². The maximum Gasteiger partial charge on any atom is 0.340 e. The highest BCUT2D eigenvalue weighted by Crippen LogP contribution is 2.32. The number of carbonyl (C=O) groups is 2. The van der Waals surface area contributed by atoms with Crippen LogP contribution in [0.25, 0.3) is 6.08 Å². The fourth-order valence-electron chi connectivity index (χ4n) is 3.27. The lowest BCUT2D eigenvalue weighted by Gasteiger charge is -2.21. The predicted octanol–water partition coefficient (Wildman–Crippen LogP) is 3.07. The fraction of sp³-hybridized carbons (Fsp3) is 0.400. The minimum atomic E-state index is -0.526. The molecule has 2 heterocycles. The third-order valence-electron chi connectivity index (χ3n) is 4.58. The molecule has 0 bridgehead atoms. The first-order valence-electron chi connectivity index (χ1n) is 8.80. The van der Waals surface area contributed by atoms with Gasteiger partial charge < -0.3 is 14.4 Å². The standard InChI is InChI=1S/C20H22FNO4/c1-3-25-20(24)18-13(2)22(12-16-5-4-10-26-16)19(23)17(18)11-14-6-8-15(21)9-7-14/h6-9,11,16H,3-5,10,12H2,1-2H3. The van der Waals surface area contributed by atoms with Crippen molar-refractivity contribution in [3.05, 3.63) is 52.5 Å². The summed E-state index contributed by atoms with van der Waals surface area (Å²) in [5.74, 6) is -1.14. The molecule has 0 spiro atoms. The van der Waals surface area contributed by atoms with Crippen LogP contribution in [0.1, 0.15) is 32.3 Å². The van der Waals surface area contributed by atoms with Gasteiger partial charge in [0.05, 0.1) is 30.4 Å². The number of amides is 1. The van der Waals surface area contributed by atoms with Crippen molar-refractivity contribution in [2.45, 2.75) is 32.8 Å². The van der Waals surface area contributed by atoms with Crippen LogP contribution >= 0.6 is 0 Å². The molecule has 2 aliphatic rings. The molecular weight excluding hydrogens is 337 g/mol. The Balaban J connectivity index is 1.96. The van der Waals surface area contributed by atoms with Gasteiger partial charge in [-0.2, -0.15) is 0 Å². The van der Waals surface area contributed by atoms with E-state index in [1.54, 1.807) is 37.0 Å². The second-order valence-electron chi connectivity index (χ2n) is 6.34.